The van der Waals surface area contributed by atoms with Crippen LogP contribution in [-0.2, 0) is 6.54 Å². The second-order valence-corrected chi connectivity index (χ2v) is 4.38. The van der Waals surface area contributed by atoms with Crippen molar-refractivity contribution in [2.75, 3.05) is 6.54 Å². The van der Waals surface area contributed by atoms with Gasteiger partial charge >= 0.3 is 0 Å². The van der Waals surface area contributed by atoms with Gasteiger partial charge in [0.2, 0.25) is 0 Å². The molecule has 14 heavy (non-hydrogen) atoms. The lowest BCUT2D eigenvalue weighted by Crippen LogP contribution is -2.49. The van der Waals surface area contributed by atoms with E-state index >= 15 is 0 Å². The molecular formula is C12H16ClN. The second kappa shape index (κ2) is 3.56. The predicted octanol–water partition coefficient (Wildman–Crippen LogP) is 2.85. The van der Waals surface area contributed by atoms with E-state index in [0.717, 1.165) is 0 Å². The summed E-state index contributed by atoms with van der Waals surface area (Å²) in [5.74, 6) is 0. The Bertz CT molecular complexity index is 305. The van der Waals surface area contributed by atoms with Gasteiger partial charge in [-0.05, 0) is 24.8 Å². The van der Waals surface area contributed by atoms with Crippen molar-refractivity contribution in [1.82, 2.24) is 4.90 Å². The normalized spacial score (nSPS) is 22.6. The highest BCUT2D eigenvalue weighted by atomic mass is 35.5. The molecule has 1 saturated carbocycles. The van der Waals surface area contributed by atoms with E-state index in [4.69, 9.17) is 0 Å². The molecule has 1 nitrogen and oxygen atoms in total. The Labute approximate surface area is 91.5 Å². The number of benzene rings is 1. The quantitative estimate of drug-likeness (QED) is 0.724. The molecule has 0 unspecified atom stereocenters. The lowest BCUT2D eigenvalue weighted by Gasteiger charge is -2.42. The SMILES string of the molecule is Cl.c1ccc(CN2CCC23CC3)cc1. The maximum absolute atomic E-state index is 2.64. The number of hydrogen-bond acceptors (Lipinski definition) is 1. The Hall–Kier alpha value is -0.530. The number of nitrogens with zero attached hydrogens (tertiary/aromatic N) is 1. The van der Waals surface area contributed by atoms with Crippen molar-refractivity contribution in [2.45, 2.75) is 31.3 Å². The van der Waals surface area contributed by atoms with Gasteiger partial charge in [0.05, 0.1) is 0 Å². The molecule has 1 saturated heterocycles. The fourth-order valence-electron chi connectivity index (χ4n) is 2.35. The molecule has 0 bridgehead atoms. The Morgan fingerprint density at radius 2 is 1.79 bits per heavy atom. The fourth-order valence-corrected chi connectivity index (χ4v) is 2.35. The van der Waals surface area contributed by atoms with E-state index in [9.17, 15) is 0 Å². The highest BCUT2D eigenvalue weighted by Gasteiger charge is 2.53. The molecule has 1 aliphatic carbocycles. The summed E-state index contributed by atoms with van der Waals surface area (Å²) in [6.07, 6.45) is 4.33. The largest absolute Gasteiger partial charge is 0.293 e. The van der Waals surface area contributed by atoms with Gasteiger partial charge in [0, 0.05) is 18.6 Å². The third-order valence-corrected chi connectivity index (χ3v) is 3.56. The minimum absolute atomic E-state index is 0. The average Bonchev–Trinajstić information content (AvgIpc) is 2.96. The van der Waals surface area contributed by atoms with Gasteiger partial charge in [-0.1, -0.05) is 30.3 Å². The van der Waals surface area contributed by atoms with Crippen molar-refractivity contribution in [3.8, 4) is 0 Å². The van der Waals surface area contributed by atoms with E-state index < -0.39 is 0 Å². The van der Waals surface area contributed by atoms with Crippen LogP contribution in [0.3, 0.4) is 0 Å². The number of halogens is 1. The maximum atomic E-state index is 2.64. The summed E-state index contributed by atoms with van der Waals surface area (Å²) >= 11 is 0. The Morgan fingerprint density at radius 3 is 2.29 bits per heavy atom. The van der Waals surface area contributed by atoms with Crippen LogP contribution < -0.4 is 0 Å². The maximum Gasteiger partial charge on any atom is 0.0239 e. The second-order valence-electron chi connectivity index (χ2n) is 4.38. The Kier molecular flexibility index (Phi) is 2.54. The van der Waals surface area contributed by atoms with E-state index in [1.807, 2.05) is 0 Å². The summed E-state index contributed by atoms with van der Waals surface area (Å²) in [7, 11) is 0. The molecule has 2 fully saturated rings. The third-order valence-electron chi connectivity index (χ3n) is 3.56. The van der Waals surface area contributed by atoms with Gasteiger partial charge in [-0.25, -0.2) is 0 Å². The average molecular weight is 210 g/mol. The summed E-state index contributed by atoms with van der Waals surface area (Å²) in [6.45, 7) is 2.48. The molecule has 1 aliphatic heterocycles. The van der Waals surface area contributed by atoms with Crippen LogP contribution in [0.25, 0.3) is 0 Å². The van der Waals surface area contributed by atoms with Gasteiger partial charge in [0.25, 0.3) is 0 Å². The Morgan fingerprint density at radius 1 is 1.07 bits per heavy atom. The van der Waals surface area contributed by atoms with Gasteiger partial charge in [0.15, 0.2) is 0 Å². The highest BCUT2D eigenvalue weighted by molar-refractivity contribution is 5.85. The standard InChI is InChI=1S/C12H15N.ClH/c1-2-4-11(5-3-1)10-13-9-8-12(13)6-7-12;/h1-5H,6-10H2;1H. The number of rotatable bonds is 2. The van der Waals surface area contributed by atoms with Gasteiger partial charge in [-0.15, -0.1) is 12.4 Å². The first-order valence-electron chi connectivity index (χ1n) is 5.18. The molecule has 1 spiro atoms. The molecule has 1 aromatic rings. The summed E-state index contributed by atoms with van der Waals surface area (Å²) in [4.78, 5) is 2.64. The summed E-state index contributed by atoms with van der Waals surface area (Å²) in [5.41, 5.74) is 2.14. The molecule has 0 aromatic heterocycles. The first-order valence-corrected chi connectivity index (χ1v) is 5.18. The summed E-state index contributed by atoms with van der Waals surface area (Å²) < 4.78 is 0. The van der Waals surface area contributed by atoms with E-state index in [1.54, 1.807) is 0 Å². The first kappa shape index (κ1) is 10.0. The van der Waals surface area contributed by atoms with Crippen LogP contribution in [0.4, 0.5) is 0 Å². The lowest BCUT2D eigenvalue weighted by atomic mass is 9.99. The number of likely N-dealkylation sites (tertiary alicyclic amines) is 1. The molecule has 1 aromatic carbocycles. The minimum Gasteiger partial charge on any atom is -0.293 e. The van der Waals surface area contributed by atoms with Crippen molar-refractivity contribution < 1.29 is 0 Å². The molecule has 1 heterocycles. The van der Waals surface area contributed by atoms with Crippen molar-refractivity contribution in [3.05, 3.63) is 35.9 Å². The zero-order chi connectivity index (χ0) is 8.73. The molecule has 0 amide bonds. The molecule has 0 atom stereocenters. The molecule has 2 heteroatoms. The van der Waals surface area contributed by atoms with Gasteiger partial charge in [0.1, 0.15) is 0 Å². The van der Waals surface area contributed by atoms with Crippen LogP contribution in [0.1, 0.15) is 24.8 Å². The van der Waals surface area contributed by atoms with Crippen molar-refractivity contribution >= 4 is 12.4 Å². The minimum atomic E-state index is 0. The zero-order valence-corrected chi connectivity index (χ0v) is 9.09. The highest BCUT2D eigenvalue weighted by Crippen LogP contribution is 2.51. The van der Waals surface area contributed by atoms with Crippen LogP contribution in [0.2, 0.25) is 0 Å². The Balaban J connectivity index is 0.000000750. The fraction of sp³-hybridized carbons (Fsp3) is 0.500. The molecule has 3 rings (SSSR count). The van der Waals surface area contributed by atoms with Crippen molar-refractivity contribution in [1.29, 1.82) is 0 Å². The van der Waals surface area contributed by atoms with E-state index in [-0.39, 0.29) is 12.4 Å². The lowest BCUT2D eigenvalue weighted by molar-refractivity contribution is 0.0609. The predicted molar refractivity (Wildman–Crippen MR) is 60.7 cm³/mol. The topological polar surface area (TPSA) is 3.24 Å². The molecule has 0 radical (unpaired) electrons. The van der Waals surface area contributed by atoms with Gasteiger partial charge in [-0.2, -0.15) is 0 Å². The van der Waals surface area contributed by atoms with Gasteiger partial charge in [-0.3, -0.25) is 4.90 Å². The summed E-state index contributed by atoms with van der Waals surface area (Å²) in [5, 5.41) is 0. The van der Waals surface area contributed by atoms with Crippen LogP contribution in [0, 0.1) is 0 Å². The monoisotopic (exact) mass is 209 g/mol. The molecular weight excluding hydrogens is 194 g/mol. The first-order chi connectivity index (χ1) is 6.39. The molecule has 0 N–H and O–H groups in total. The zero-order valence-electron chi connectivity index (χ0n) is 8.28. The number of hydrogen-bond donors (Lipinski definition) is 0. The van der Waals surface area contributed by atoms with Crippen LogP contribution in [0.15, 0.2) is 30.3 Å². The van der Waals surface area contributed by atoms with E-state index in [0.29, 0.717) is 5.54 Å². The summed E-state index contributed by atoms with van der Waals surface area (Å²) in [6, 6.07) is 10.8. The van der Waals surface area contributed by atoms with Crippen LogP contribution in [-0.4, -0.2) is 17.0 Å². The molecule has 76 valence electrons. The van der Waals surface area contributed by atoms with Gasteiger partial charge < -0.3 is 0 Å². The molecule has 2 aliphatic rings. The smallest absolute Gasteiger partial charge is 0.0239 e. The van der Waals surface area contributed by atoms with Crippen molar-refractivity contribution in [3.63, 3.8) is 0 Å². The van der Waals surface area contributed by atoms with Crippen LogP contribution in [0.5, 0.6) is 0 Å². The van der Waals surface area contributed by atoms with E-state index in [2.05, 4.69) is 35.2 Å². The van der Waals surface area contributed by atoms with Crippen LogP contribution >= 0.6 is 12.4 Å². The third kappa shape index (κ3) is 1.55. The van der Waals surface area contributed by atoms with Crippen molar-refractivity contribution in [2.24, 2.45) is 0 Å². The van der Waals surface area contributed by atoms with E-state index in [1.165, 1.54) is 37.9 Å².